The van der Waals surface area contributed by atoms with Crippen LogP contribution in [0.15, 0.2) is 12.2 Å². The smallest absolute Gasteiger partial charge is 0.306 e. The molecule has 0 saturated heterocycles. The first kappa shape index (κ1) is 64.2. The average molecular weight is 932 g/mol. The van der Waals surface area contributed by atoms with Gasteiger partial charge in [0.15, 0.2) is 6.10 Å². The van der Waals surface area contributed by atoms with Crippen molar-refractivity contribution in [3.63, 3.8) is 0 Å². The first-order valence-electron chi connectivity index (χ1n) is 29.7. The van der Waals surface area contributed by atoms with Crippen LogP contribution < -0.4 is 0 Å². The van der Waals surface area contributed by atoms with Crippen molar-refractivity contribution >= 4 is 17.9 Å². The number of hydrogen-bond acceptors (Lipinski definition) is 6. The number of allylic oxidation sites excluding steroid dienone is 2. The monoisotopic (exact) mass is 931 g/mol. The third-order valence-electron chi connectivity index (χ3n) is 13.5. The van der Waals surface area contributed by atoms with Gasteiger partial charge in [0.1, 0.15) is 13.2 Å². The molecule has 0 amide bonds. The zero-order chi connectivity index (χ0) is 47.9. The molecule has 0 N–H and O–H groups in total. The number of carbonyl (C=O) groups excluding carboxylic acids is 3. The minimum Gasteiger partial charge on any atom is -0.462 e. The van der Waals surface area contributed by atoms with Crippen LogP contribution in [0.2, 0.25) is 0 Å². The number of carbonyl (C=O) groups is 3. The van der Waals surface area contributed by atoms with E-state index in [4.69, 9.17) is 14.2 Å². The van der Waals surface area contributed by atoms with Gasteiger partial charge in [-0.25, -0.2) is 0 Å². The Kier molecular flexibility index (Phi) is 54.2. The van der Waals surface area contributed by atoms with E-state index in [1.165, 1.54) is 231 Å². The highest BCUT2D eigenvalue weighted by molar-refractivity contribution is 5.71. The minimum absolute atomic E-state index is 0.0665. The molecule has 0 bridgehead atoms. The van der Waals surface area contributed by atoms with Gasteiger partial charge in [-0.15, -0.1) is 0 Å². The van der Waals surface area contributed by atoms with Crippen molar-refractivity contribution in [2.75, 3.05) is 13.2 Å². The Labute approximate surface area is 411 Å². The second-order valence-corrected chi connectivity index (χ2v) is 20.3. The lowest BCUT2D eigenvalue weighted by Crippen LogP contribution is -2.30. The molecule has 0 spiro atoms. The summed E-state index contributed by atoms with van der Waals surface area (Å²) in [6, 6.07) is 0. The molecule has 1 atom stereocenters. The fraction of sp³-hybridized carbons (Fsp3) is 0.917. The molecule has 0 fully saturated rings. The van der Waals surface area contributed by atoms with Gasteiger partial charge in [-0.2, -0.15) is 0 Å². The van der Waals surface area contributed by atoms with Crippen LogP contribution in [0.3, 0.4) is 0 Å². The number of unbranched alkanes of at least 4 members (excludes halogenated alkanes) is 42. The van der Waals surface area contributed by atoms with Crippen molar-refractivity contribution in [2.45, 2.75) is 341 Å². The normalized spacial score (nSPS) is 12.0. The fourth-order valence-corrected chi connectivity index (χ4v) is 9.03. The molecular formula is C60H114O6. The molecule has 6 heteroatoms. The molecule has 0 aliphatic heterocycles. The lowest BCUT2D eigenvalue weighted by molar-refractivity contribution is -0.167. The summed E-state index contributed by atoms with van der Waals surface area (Å²) in [5.74, 6) is -0.851. The van der Waals surface area contributed by atoms with Gasteiger partial charge in [-0.1, -0.05) is 283 Å². The Morgan fingerprint density at radius 3 is 0.788 bits per heavy atom. The molecule has 0 aliphatic rings. The zero-order valence-electron chi connectivity index (χ0n) is 44.7. The number of hydrogen-bond donors (Lipinski definition) is 0. The highest BCUT2D eigenvalue weighted by atomic mass is 16.6. The minimum atomic E-state index is -0.767. The quantitative estimate of drug-likeness (QED) is 0.0262. The first-order valence-corrected chi connectivity index (χ1v) is 29.7. The molecule has 0 aliphatic carbocycles. The molecule has 390 valence electrons. The SMILES string of the molecule is CCCCC/C=C\CCCCCCCC(=O)OCC(COC(=O)CCCCCCCCCCCCCCCCCCCCCCC)OC(=O)CCCCCCCCCCCCCCCCC. The summed E-state index contributed by atoms with van der Waals surface area (Å²) in [7, 11) is 0. The van der Waals surface area contributed by atoms with E-state index in [1.54, 1.807) is 0 Å². The fourth-order valence-electron chi connectivity index (χ4n) is 9.03. The Bertz CT molecular complexity index is 1020. The summed E-state index contributed by atoms with van der Waals surface area (Å²) < 4.78 is 16.9. The second kappa shape index (κ2) is 55.7. The van der Waals surface area contributed by atoms with E-state index in [0.29, 0.717) is 19.3 Å². The van der Waals surface area contributed by atoms with Crippen LogP contribution in [-0.4, -0.2) is 37.2 Å². The highest BCUT2D eigenvalue weighted by Crippen LogP contribution is 2.18. The summed E-state index contributed by atoms with van der Waals surface area (Å²) in [5.41, 5.74) is 0. The van der Waals surface area contributed by atoms with Gasteiger partial charge in [0.05, 0.1) is 0 Å². The van der Waals surface area contributed by atoms with Crippen LogP contribution in [0.4, 0.5) is 0 Å². The van der Waals surface area contributed by atoms with Crippen molar-refractivity contribution in [1.29, 1.82) is 0 Å². The lowest BCUT2D eigenvalue weighted by atomic mass is 10.0. The zero-order valence-corrected chi connectivity index (χ0v) is 44.7. The maximum atomic E-state index is 12.8. The van der Waals surface area contributed by atoms with Gasteiger partial charge < -0.3 is 14.2 Å². The lowest BCUT2D eigenvalue weighted by Gasteiger charge is -2.18. The van der Waals surface area contributed by atoms with Gasteiger partial charge in [0, 0.05) is 19.3 Å². The van der Waals surface area contributed by atoms with E-state index < -0.39 is 6.10 Å². The van der Waals surface area contributed by atoms with E-state index in [1.807, 2.05) is 0 Å². The number of ether oxygens (including phenoxy) is 3. The van der Waals surface area contributed by atoms with Gasteiger partial charge in [0.25, 0.3) is 0 Å². The van der Waals surface area contributed by atoms with E-state index in [9.17, 15) is 14.4 Å². The topological polar surface area (TPSA) is 78.9 Å². The van der Waals surface area contributed by atoms with Crippen molar-refractivity contribution in [3.05, 3.63) is 12.2 Å². The molecule has 0 aromatic heterocycles. The maximum Gasteiger partial charge on any atom is 0.306 e. The Morgan fingerprint density at radius 2 is 0.500 bits per heavy atom. The van der Waals surface area contributed by atoms with Crippen LogP contribution in [-0.2, 0) is 28.6 Å². The molecule has 66 heavy (non-hydrogen) atoms. The third-order valence-corrected chi connectivity index (χ3v) is 13.5. The number of rotatable bonds is 55. The van der Waals surface area contributed by atoms with Crippen molar-refractivity contribution < 1.29 is 28.6 Å². The largest absolute Gasteiger partial charge is 0.462 e. The third kappa shape index (κ3) is 53.1. The Morgan fingerprint density at radius 1 is 0.288 bits per heavy atom. The average Bonchev–Trinajstić information content (AvgIpc) is 3.31. The van der Waals surface area contributed by atoms with Crippen molar-refractivity contribution in [3.8, 4) is 0 Å². The van der Waals surface area contributed by atoms with Crippen molar-refractivity contribution in [2.24, 2.45) is 0 Å². The molecule has 1 unspecified atom stereocenters. The van der Waals surface area contributed by atoms with Gasteiger partial charge in [-0.05, 0) is 44.9 Å². The van der Waals surface area contributed by atoms with Gasteiger partial charge >= 0.3 is 17.9 Å². The summed E-state index contributed by atoms with van der Waals surface area (Å²) in [5, 5.41) is 0. The number of esters is 3. The molecule has 0 radical (unpaired) electrons. The van der Waals surface area contributed by atoms with Crippen molar-refractivity contribution in [1.82, 2.24) is 0 Å². The standard InChI is InChI=1S/C60H114O6/c1-4-7-10-13-16-19-22-25-27-28-29-30-31-32-34-35-38-41-44-47-50-53-59(62)65-56-57(55-64-58(61)52-49-46-43-40-37-24-21-18-15-12-9-6-3)66-60(63)54-51-48-45-42-39-36-33-26-23-20-17-14-11-8-5-2/h18,21,57H,4-17,19-20,22-56H2,1-3H3/b21-18-. The molecule has 0 aromatic carbocycles. The Hall–Kier alpha value is -1.85. The van der Waals surface area contributed by atoms with Crippen LogP contribution in [0, 0.1) is 0 Å². The molecule has 0 heterocycles. The second-order valence-electron chi connectivity index (χ2n) is 20.3. The molecule has 0 rings (SSSR count). The van der Waals surface area contributed by atoms with E-state index in [0.717, 1.165) is 64.2 Å². The highest BCUT2D eigenvalue weighted by Gasteiger charge is 2.19. The van der Waals surface area contributed by atoms with Crippen LogP contribution in [0.25, 0.3) is 0 Å². The van der Waals surface area contributed by atoms with E-state index in [-0.39, 0.29) is 31.1 Å². The summed E-state index contributed by atoms with van der Waals surface area (Å²) in [4.78, 5) is 38.1. The molecule has 0 aromatic rings. The molecule has 6 nitrogen and oxygen atoms in total. The van der Waals surface area contributed by atoms with Crippen LogP contribution in [0.1, 0.15) is 335 Å². The predicted molar refractivity (Wildman–Crippen MR) is 284 cm³/mol. The van der Waals surface area contributed by atoms with Crippen LogP contribution >= 0.6 is 0 Å². The summed E-state index contributed by atoms with van der Waals surface area (Å²) >= 11 is 0. The Balaban J connectivity index is 4.24. The molecule has 0 saturated carbocycles. The van der Waals surface area contributed by atoms with Gasteiger partial charge in [0.2, 0.25) is 0 Å². The van der Waals surface area contributed by atoms with E-state index in [2.05, 4.69) is 32.9 Å². The van der Waals surface area contributed by atoms with Crippen LogP contribution in [0.5, 0.6) is 0 Å². The van der Waals surface area contributed by atoms with Gasteiger partial charge in [-0.3, -0.25) is 14.4 Å². The summed E-state index contributed by atoms with van der Waals surface area (Å²) in [6.45, 7) is 6.67. The molecular weight excluding hydrogens is 817 g/mol. The summed E-state index contributed by atoms with van der Waals surface area (Å²) in [6.07, 6.45) is 63.5. The predicted octanol–water partition coefficient (Wildman–Crippen LogP) is 19.7. The first-order chi connectivity index (χ1) is 32.5. The van der Waals surface area contributed by atoms with E-state index >= 15 is 0 Å². The maximum absolute atomic E-state index is 12.8.